The zero-order chi connectivity index (χ0) is 15.1. The van der Waals surface area contributed by atoms with Crippen molar-refractivity contribution in [3.8, 4) is 6.07 Å². The van der Waals surface area contributed by atoms with Gasteiger partial charge >= 0.3 is 0 Å². The van der Waals surface area contributed by atoms with Crippen molar-refractivity contribution in [2.75, 3.05) is 6.61 Å². The smallest absolute Gasteiger partial charge is 0.219 e. The molecule has 2 rings (SSSR count). The fraction of sp³-hybridized carbons (Fsp3) is 0.625. The van der Waals surface area contributed by atoms with E-state index in [1.165, 1.54) is 0 Å². The number of aliphatic imine (C=N–C) groups is 1. The van der Waals surface area contributed by atoms with E-state index in [1.54, 1.807) is 0 Å². The van der Waals surface area contributed by atoms with Crippen LogP contribution >= 0.6 is 0 Å². The minimum Gasteiger partial charge on any atom is -0.475 e. The van der Waals surface area contributed by atoms with Crippen molar-refractivity contribution in [1.82, 2.24) is 0 Å². The standard InChI is InChI=1S/C16H21FN2O/c1-10-6-11(15(2,3)8-18)7-12(17)13(10)14-19-16(4,5)9-20-14/h6,11H,7,9H2,1-5H3. The zero-order valence-corrected chi connectivity index (χ0v) is 12.7. The van der Waals surface area contributed by atoms with Crippen LogP contribution in [0.25, 0.3) is 0 Å². The summed E-state index contributed by atoms with van der Waals surface area (Å²) < 4.78 is 20.0. The van der Waals surface area contributed by atoms with E-state index in [4.69, 9.17) is 4.74 Å². The van der Waals surface area contributed by atoms with Gasteiger partial charge in [0, 0.05) is 12.3 Å². The first-order chi connectivity index (χ1) is 9.16. The minimum absolute atomic E-state index is 0.119. The highest BCUT2D eigenvalue weighted by Gasteiger charge is 2.36. The molecule has 0 radical (unpaired) electrons. The molecule has 4 heteroatoms. The van der Waals surface area contributed by atoms with Crippen molar-refractivity contribution in [3.05, 3.63) is 23.0 Å². The van der Waals surface area contributed by atoms with E-state index in [1.807, 2.05) is 40.7 Å². The number of nitriles is 1. The molecule has 0 N–H and O–H groups in total. The second kappa shape index (κ2) is 4.73. The van der Waals surface area contributed by atoms with Gasteiger partial charge in [-0.2, -0.15) is 5.26 Å². The van der Waals surface area contributed by atoms with Gasteiger partial charge in [0.2, 0.25) is 5.90 Å². The molecule has 0 aromatic heterocycles. The van der Waals surface area contributed by atoms with E-state index in [0.29, 0.717) is 18.1 Å². The maximum Gasteiger partial charge on any atom is 0.219 e. The summed E-state index contributed by atoms with van der Waals surface area (Å²) in [5, 5.41) is 9.20. The van der Waals surface area contributed by atoms with Crippen molar-refractivity contribution in [2.24, 2.45) is 16.3 Å². The first-order valence-electron chi connectivity index (χ1n) is 6.88. The molecule has 0 spiro atoms. The van der Waals surface area contributed by atoms with Gasteiger partial charge in [-0.1, -0.05) is 6.08 Å². The number of hydrogen-bond acceptors (Lipinski definition) is 3. The van der Waals surface area contributed by atoms with E-state index in [9.17, 15) is 9.65 Å². The fourth-order valence-corrected chi connectivity index (χ4v) is 2.50. The molecule has 2 aliphatic rings. The molecule has 0 saturated carbocycles. The first kappa shape index (κ1) is 14.8. The monoisotopic (exact) mass is 276 g/mol. The molecule has 1 atom stereocenters. The lowest BCUT2D eigenvalue weighted by molar-refractivity contribution is 0.277. The molecule has 0 fully saturated rings. The molecule has 0 amide bonds. The maximum atomic E-state index is 14.5. The average molecular weight is 276 g/mol. The Morgan fingerprint density at radius 1 is 1.50 bits per heavy atom. The number of rotatable bonds is 2. The summed E-state index contributed by atoms with van der Waals surface area (Å²) in [7, 11) is 0. The van der Waals surface area contributed by atoms with Crippen LogP contribution in [0.3, 0.4) is 0 Å². The van der Waals surface area contributed by atoms with Crippen molar-refractivity contribution < 1.29 is 9.13 Å². The molecule has 0 saturated heterocycles. The van der Waals surface area contributed by atoms with Crippen molar-refractivity contribution in [3.63, 3.8) is 0 Å². The topological polar surface area (TPSA) is 45.4 Å². The van der Waals surface area contributed by atoms with Crippen LogP contribution in [0, 0.1) is 22.7 Å². The zero-order valence-electron chi connectivity index (χ0n) is 12.7. The van der Waals surface area contributed by atoms with Crippen LogP contribution in [0.1, 0.15) is 41.0 Å². The van der Waals surface area contributed by atoms with Crippen molar-refractivity contribution >= 4 is 5.90 Å². The van der Waals surface area contributed by atoms with Gasteiger partial charge < -0.3 is 4.74 Å². The third kappa shape index (κ3) is 2.63. The quantitative estimate of drug-likeness (QED) is 0.767. The second-order valence-corrected chi connectivity index (χ2v) is 6.79. The van der Waals surface area contributed by atoms with E-state index in [0.717, 1.165) is 5.57 Å². The molecule has 1 aliphatic carbocycles. The Kier molecular flexibility index (Phi) is 3.49. The lowest BCUT2D eigenvalue weighted by atomic mass is 9.74. The van der Waals surface area contributed by atoms with Crippen molar-refractivity contribution in [1.29, 1.82) is 5.26 Å². The predicted octanol–water partition coefficient (Wildman–Crippen LogP) is 3.93. The Hall–Kier alpha value is -1.63. The molecule has 0 bridgehead atoms. The Morgan fingerprint density at radius 3 is 2.60 bits per heavy atom. The van der Waals surface area contributed by atoms with Crippen LogP contribution in [0.4, 0.5) is 4.39 Å². The molecule has 108 valence electrons. The van der Waals surface area contributed by atoms with Gasteiger partial charge in [0.15, 0.2) is 0 Å². The number of allylic oxidation sites excluding steroid dienone is 2. The second-order valence-electron chi connectivity index (χ2n) is 6.79. The summed E-state index contributed by atoms with van der Waals surface area (Å²) in [6, 6.07) is 2.25. The molecule has 1 heterocycles. The highest BCUT2D eigenvalue weighted by Crippen LogP contribution is 2.40. The van der Waals surface area contributed by atoms with Gasteiger partial charge in [-0.3, -0.25) is 0 Å². The molecular weight excluding hydrogens is 255 g/mol. The largest absolute Gasteiger partial charge is 0.475 e. The highest BCUT2D eigenvalue weighted by atomic mass is 19.1. The summed E-state index contributed by atoms with van der Waals surface area (Å²) in [6.07, 6.45) is 2.20. The highest BCUT2D eigenvalue weighted by molar-refractivity contribution is 5.99. The fourth-order valence-electron chi connectivity index (χ4n) is 2.50. The maximum absolute atomic E-state index is 14.5. The molecule has 3 nitrogen and oxygen atoms in total. The van der Waals surface area contributed by atoms with Crippen LogP contribution < -0.4 is 0 Å². The number of hydrogen-bond donors (Lipinski definition) is 0. The Labute approximate surface area is 119 Å². The van der Waals surface area contributed by atoms with Crippen molar-refractivity contribution in [2.45, 2.75) is 46.6 Å². The molecule has 20 heavy (non-hydrogen) atoms. The summed E-state index contributed by atoms with van der Waals surface area (Å²) >= 11 is 0. The Balaban J connectivity index is 2.34. The van der Waals surface area contributed by atoms with E-state index in [2.05, 4.69) is 11.1 Å². The Morgan fingerprint density at radius 2 is 2.15 bits per heavy atom. The number of ether oxygens (including phenoxy) is 1. The summed E-state index contributed by atoms with van der Waals surface area (Å²) in [6.45, 7) is 9.92. The number of halogens is 1. The lowest BCUT2D eigenvalue weighted by Gasteiger charge is -2.29. The van der Waals surface area contributed by atoms with Crippen LogP contribution in [-0.4, -0.2) is 18.0 Å². The normalized spacial score (nSPS) is 25.8. The molecule has 1 aliphatic heterocycles. The molecule has 0 aromatic carbocycles. The minimum atomic E-state index is -0.582. The first-order valence-corrected chi connectivity index (χ1v) is 6.88. The third-order valence-corrected chi connectivity index (χ3v) is 3.91. The van der Waals surface area contributed by atoms with Gasteiger partial charge in [0.25, 0.3) is 0 Å². The third-order valence-electron chi connectivity index (χ3n) is 3.91. The molecular formula is C16H21FN2O. The van der Waals surface area contributed by atoms with E-state index < -0.39 is 5.41 Å². The van der Waals surface area contributed by atoms with Gasteiger partial charge in [-0.05, 0) is 40.2 Å². The Bertz CT molecular complexity index is 562. The van der Waals surface area contributed by atoms with Crippen LogP contribution in [0.2, 0.25) is 0 Å². The average Bonchev–Trinajstić information content (AvgIpc) is 2.68. The van der Waals surface area contributed by atoms with Gasteiger partial charge in [0.05, 0.1) is 22.6 Å². The van der Waals surface area contributed by atoms with Gasteiger partial charge in [-0.25, -0.2) is 9.38 Å². The SMILES string of the molecule is CC1=CC(C(C)(C)C#N)CC(F)=C1C1=NC(C)(C)CO1. The van der Waals surface area contributed by atoms with Gasteiger partial charge in [-0.15, -0.1) is 0 Å². The van der Waals surface area contributed by atoms with Crippen LogP contribution in [0.15, 0.2) is 28.0 Å². The van der Waals surface area contributed by atoms with Crippen LogP contribution in [-0.2, 0) is 4.74 Å². The number of nitrogens with zero attached hydrogens (tertiary/aromatic N) is 2. The molecule has 1 unspecified atom stereocenters. The molecule has 0 aromatic rings. The summed E-state index contributed by atoms with van der Waals surface area (Å²) in [4.78, 5) is 4.44. The summed E-state index contributed by atoms with van der Waals surface area (Å²) in [5.41, 5.74) is 0.395. The van der Waals surface area contributed by atoms with Gasteiger partial charge in [0.1, 0.15) is 12.4 Å². The lowest BCUT2D eigenvalue weighted by Crippen LogP contribution is -2.24. The summed E-state index contributed by atoms with van der Waals surface area (Å²) in [5.74, 6) is 0.0514. The van der Waals surface area contributed by atoms with Crippen LogP contribution in [0.5, 0.6) is 0 Å². The van der Waals surface area contributed by atoms with E-state index >= 15 is 0 Å². The predicted molar refractivity (Wildman–Crippen MR) is 76.9 cm³/mol. The van der Waals surface area contributed by atoms with E-state index in [-0.39, 0.29) is 23.7 Å².